The molecule has 0 bridgehead atoms. The maximum Gasteiger partial charge on any atom is 0.322 e. The molecule has 1 N–H and O–H groups in total. The van der Waals surface area contributed by atoms with E-state index in [0.717, 1.165) is 12.0 Å². The zero-order chi connectivity index (χ0) is 12.4. The van der Waals surface area contributed by atoms with Crippen molar-refractivity contribution in [3.63, 3.8) is 0 Å². The monoisotopic (exact) mass is 235 g/mol. The lowest BCUT2D eigenvalue weighted by atomic mass is 10.0. The quantitative estimate of drug-likeness (QED) is 0.865. The number of nitrogens with one attached hydrogen (secondary N) is 1. The molecule has 1 aromatic carbocycles. The molecule has 6 heteroatoms. The number of rotatable bonds is 2. The Hall–Kier alpha value is -2.24. The highest BCUT2D eigenvalue weighted by Crippen LogP contribution is 2.17. The Morgan fingerprint density at radius 1 is 1.41 bits per heavy atom. The Bertz CT molecular complexity index is 529. The van der Waals surface area contributed by atoms with E-state index >= 15 is 0 Å². The van der Waals surface area contributed by atoms with E-state index in [1.54, 1.807) is 19.9 Å². The molecule has 1 aromatic heterocycles. The molecule has 0 aliphatic heterocycles. The summed E-state index contributed by atoms with van der Waals surface area (Å²) in [4.78, 5) is 11.8. The zero-order valence-electron chi connectivity index (χ0n) is 9.32. The lowest BCUT2D eigenvalue weighted by Crippen LogP contribution is -2.16. The van der Waals surface area contributed by atoms with Crippen molar-refractivity contribution in [2.75, 3.05) is 5.32 Å². The van der Waals surface area contributed by atoms with E-state index in [1.165, 1.54) is 6.07 Å². The molecule has 17 heavy (non-hydrogen) atoms. The van der Waals surface area contributed by atoms with Gasteiger partial charge in [0.15, 0.2) is 0 Å². The first-order valence-electron chi connectivity index (χ1n) is 4.92. The summed E-state index contributed by atoms with van der Waals surface area (Å²) in [6, 6.07) is 2.97. The van der Waals surface area contributed by atoms with E-state index in [4.69, 9.17) is 4.42 Å². The maximum absolute atomic E-state index is 13.7. The molecule has 0 aliphatic carbocycles. The van der Waals surface area contributed by atoms with Gasteiger partial charge < -0.3 is 4.42 Å². The van der Waals surface area contributed by atoms with Gasteiger partial charge in [0.1, 0.15) is 5.82 Å². The Morgan fingerprint density at radius 3 is 2.76 bits per heavy atom. The summed E-state index contributed by atoms with van der Waals surface area (Å²) in [7, 11) is 0. The molecule has 0 saturated heterocycles. The van der Waals surface area contributed by atoms with Crippen LogP contribution in [0.4, 0.5) is 10.4 Å². The predicted molar refractivity (Wildman–Crippen MR) is 58.1 cm³/mol. The van der Waals surface area contributed by atoms with Crippen LogP contribution < -0.4 is 5.32 Å². The smallest absolute Gasteiger partial charge is 0.322 e. The number of hydrogen-bond acceptors (Lipinski definition) is 4. The first-order chi connectivity index (χ1) is 8.08. The second-order valence-electron chi connectivity index (χ2n) is 3.64. The maximum atomic E-state index is 13.7. The molecule has 0 unspecified atom stereocenters. The number of carbonyl (C=O) groups excluding carboxylic acids is 1. The number of halogens is 1. The third kappa shape index (κ3) is 2.30. The molecule has 5 nitrogen and oxygen atoms in total. The van der Waals surface area contributed by atoms with Crippen molar-refractivity contribution in [1.82, 2.24) is 10.2 Å². The van der Waals surface area contributed by atoms with Gasteiger partial charge >= 0.3 is 6.01 Å². The molecule has 2 rings (SSSR count). The molecule has 0 fully saturated rings. The average molecular weight is 235 g/mol. The number of aryl methyl sites for hydroxylation is 2. The van der Waals surface area contributed by atoms with Gasteiger partial charge in [0.05, 0.1) is 5.56 Å². The van der Waals surface area contributed by atoms with E-state index < -0.39 is 11.7 Å². The van der Waals surface area contributed by atoms with Crippen LogP contribution in [0.15, 0.2) is 22.9 Å². The van der Waals surface area contributed by atoms with Gasteiger partial charge in [0.25, 0.3) is 5.91 Å². The molecular weight excluding hydrogens is 225 g/mol. The normalized spacial score (nSPS) is 10.3. The number of benzene rings is 1. The first kappa shape index (κ1) is 11.3. The summed E-state index contributed by atoms with van der Waals surface area (Å²) in [5, 5.41) is 9.21. The summed E-state index contributed by atoms with van der Waals surface area (Å²) in [6.07, 6.45) is 1.08. The number of amides is 1. The Balaban J connectivity index is 2.31. The lowest BCUT2D eigenvalue weighted by Gasteiger charge is -2.07. The van der Waals surface area contributed by atoms with Gasteiger partial charge in [0, 0.05) is 0 Å². The fraction of sp³-hybridized carbons (Fsp3) is 0.182. The Kier molecular flexibility index (Phi) is 2.86. The minimum absolute atomic E-state index is 0.0196. The highest BCUT2D eigenvalue weighted by molar-refractivity contribution is 6.04. The molecule has 0 saturated carbocycles. The zero-order valence-corrected chi connectivity index (χ0v) is 9.32. The third-order valence-electron chi connectivity index (χ3n) is 2.24. The molecule has 1 heterocycles. The van der Waals surface area contributed by atoms with Crippen molar-refractivity contribution in [3.05, 3.63) is 41.0 Å². The molecule has 88 valence electrons. The predicted octanol–water partition coefficient (Wildman–Crippen LogP) is 2.08. The molecule has 0 radical (unpaired) electrons. The van der Waals surface area contributed by atoms with Crippen LogP contribution in [0.5, 0.6) is 0 Å². The fourth-order valence-electron chi connectivity index (χ4n) is 1.59. The van der Waals surface area contributed by atoms with Gasteiger partial charge in [-0.2, -0.15) is 0 Å². The van der Waals surface area contributed by atoms with Crippen LogP contribution >= 0.6 is 0 Å². The second kappa shape index (κ2) is 4.32. The third-order valence-corrected chi connectivity index (χ3v) is 2.24. The van der Waals surface area contributed by atoms with Crippen LogP contribution in [0.25, 0.3) is 0 Å². The van der Waals surface area contributed by atoms with Crippen LogP contribution in [0, 0.1) is 19.7 Å². The SMILES string of the molecule is Cc1cc(C)c(C(=O)Nc2nnco2)c(F)c1. The van der Waals surface area contributed by atoms with E-state index in [1.807, 2.05) is 0 Å². The molecule has 1 amide bonds. The number of hydrogen-bond donors (Lipinski definition) is 1. The van der Waals surface area contributed by atoms with Gasteiger partial charge in [-0.25, -0.2) is 4.39 Å². The van der Waals surface area contributed by atoms with Crippen molar-refractivity contribution < 1.29 is 13.6 Å². The van der Waals surface area contributed by atoms with Crippen molar-refractivity contribution in [1.29, 1.82) is 0 Å². The molecular formula is C11H10FN3O2. The Labute approximate surface area is 96.7 Å². The van der Waals surface area contributed by atoms with E-state index in [9.17, 15) is 9.18 Å². The molecule has 2 aromatic rings. The van der Waals surface area contributed by atoms with Gasteiger partial charge in [-0.15, -0.1) is 5.10 Å². The highest BCUT2D eigenvalue weighted by Gasteiger charge is 2.17. The standard InChI is InChI=1S/C11H10FN3O2/c1-6-3-7(2)9(8(12)4-6)10(16)14-11-15-13-5-17-11/h3-5H,1-2H3,(H,14,15,16). The summed E-state index contributed by atoms with van der Waals surface area (Å²) in [5.41, 5.74) is 1.29. The average Bonchev–Trinajstić information content (AvgIpc) is 2.68. The lowest BCUT2D eigenvalue weighted by molar-refractivity contribution is 0.101. The summed E-state index contributed by atoms with van der Waals surface area (Å²) >= 11 is 0. The van der Waals surface area contributed by atoms with Crippen molar-refractivity contribution in [2.24, 2.45) is 0 Å². The van der Waals surface area contributed by atoms with Crippen LogP contribution in [-0.4, -0.2) is 16.1 Å². The largest absolute Gasteiger partial charge is 0.411 e. The van der Waals surface area contributed by atoms with Crippen LogP contribution in [0.2, 0.25) is 0 Å². The van der Waals surface area contributed by atoms with Crippen LogP contribution in [0.1, 0.15) is 21.5 Å². The van der Waals surface area contributed by atoms with Crippen LogP contribution in [0.3, 0.4) is 0 Å². The molecule has 0 atom stereocenters. The van der Waals surface area contributed by atoms with E-state index in [-0.39, 0.29) is 11.6 Å². The second-order valence-corrected chi connectivity index (χ2v) is 3.64. The van der Waals surface area contributed by atoms with Gasteiger partial charge in [0.2, 0.25) is 6.39 Å². The number of aromatic nitrogens is 2. The number of carbonyl (C=O) groups is 1. The van der Waals surface area contributed by atoms with Crippen molar-refractivity contribution in [2.45, 2.75) is 13.8 Å². The van der Waals surface area contributed by atoms with E-state index in [0.29, 0.717) is 5.56 Å². The Morgan fingerprint density at radius 2 is 2.18 bits per heavy atom. The number of anilines is 1. The number of nitrogens with zero attached hydrogens (tertiary/aromatic N) is 2. The van der Waals surface area contributed by atoms with Crippen molar-refractivity contribution >= 4 is 11.9 Å². The summed E-state index contributed by atoms with van der Waals surface area (Å²) < 4.78 is 18.4. The minimum atomic E-state index is -0.607. The summed E-state index contributed by atoms with van der Waals surface area (Å²) in [6.45, 7) is 3.43. The molecule has 0 spiro atoms. The highest BCUT2D eigenvalue weighted by atomic mass is 19.1. The van der Waals surface area contributed by atoms with Gasteiger partial charge in [-0.05, 0) is 31.0 Å². The molecule has 0 aliphatic rings. The van der Waals surface area contributed by atoms with Crippen molar-refractivity contribution in [3.8, 4) is 0 Å². The topological polar surface area (TPSA) is 68.0 Å². The first-order valence-corrected chi connectivity index (χ1v) is 4.92. The fourth-order valence-corrected chi connectivity index (χ4v) is 1.59. The van der Waals surface area contributed by atoms with Gasteiger partial charge in [-0.3, -0.25) is 10.1 Å². The van der Waals surface area contributed by atoms with Gasteiger partial charge in [-0.1, -0.05) is 11.2 Å². The van der Waals surface area contributed by atoms with E-state index in [2.05, 4.69) is 15.5 Å². The minimum Gasteiger partial charge on any atom is -0.411 e. The summed E-state index contributed by atoms with van der Waals surface area (Å²) in [5.74, 6) is -1.18. The van der Waals surface area contributed by atoms with Crippen LogP contribution in [-0.2, 0) is 0 Å².